The largest absolute Gasteiger partial charge is 0.321 e. The van der Waals surface area contributed by atoms with Crippen molar-refractivity contribution in [1.82, 2.24) is 4.98 Å². The zero-order valence-corrected chi connectivity index (χ0v) is 18.5. The van der Waals surface area contributed by atoms with Crippen LogP contribution in [-0.2, 0) is 0 Å². The molecule has 4 aromatic rings. The normalized spacial score (nSPS) is 11.0. The van der Waals surface area contributed by atoms with Gasteiger partial charge >= 0.3 is 0 Å². The molecular formula is C24H17Cl3N2O. The molecule has 0 atom stereocenters. The molecule has 0 fully saturated rings. The molecule has 1 aromatic heterocycles. The number of benzene rings is 3. The van der Waals surface area contributed by atoms with Gasteiger partial charge in [0.25, 0.3) is 5.91 Å². The van der Waals surface area contributed by atoms with Crippen molar-refractivity contribution in [3.8, 4) is 11.3 Å². The fraction of sp³-hybridized carbons (Fsp3) is 0.0833. The number of fused-ring (bicyclic) bond motifs is 1. The van der Waals surface area contributed by atoms with E-state index < -0.39 is 0 Å². The van der Waals surface area contributed by atoms with E-state index in [9.17, 15) is 4.79 Å². The van der Waals surface area contributed by atoms with Crippen LogP contribution < -0.4 is 5.32 Å². The lowest BCUT2D eigenvalue weighted by Gasteiger charge is -2.16. The number of amides is 1. The number of pyridine rings is 1. The van der Waals surface area contributed by atoms with E-state index in [4.69, 9.17) is 39.8 Å². The summed E-state index contributed by atoms with van der Waals surface area (Å²) in [4.78, 5) is 18.2. The third-order valence-electron chi connectivity index (χ3n) is 4.95. The Labute approximate surface area is 189 Å². The molecule has 0 aliphatic heterocycles. The molecular weight excluding hydrogens is 439 g/mol. The van der Waals surface area contributed by atoms with E-state index in [1.165, 1.54) is 6.07 Å². The Bertz CT molecular complexity index is 1280. The van der Waals surface area contributed by atoms with Crippen LogP contribution in [0.4, 0.5) is 5.69 Å². The molecule has 30 heavy (non-hydrogen) atoms. The van der Waals surface area contributed by atoms with Crippen LogP contribution >= 0.6 is 34.8 Å². The smallest absolute Gasteiger partial charge is 0.256 e. The first kappa shape index (κ1) is 20.7. The second-order valence-electron chi connectivity index (χ2n) is 7.04. The van der Waals surface area contributed by atoms with Crippen molar-refractivity contribution in [2.75, 3.05) is 5.32 Å². The number of carbonyl (C=O) groups excluding carboxylic acids is 1. The predicted octanol–water partition coefficient (Wildman–Crippen LogP) is 7.73. The Hall–Kier alpha value is -2.59. The van der Waals surface area contributed by atoms with Gasteiger partial charge in [-0.05, 0) is 37.6 Å². The summed E-state index contributed by atoms with van der Waals surface area (Å²) in [6.07, 6.45) is 0. The molecule has 150 valence electrons. The molecule has 0 radical (unpaired) electrons. The van der Waals surface area contributed by atoms with Crippen LogP contribution in [0.15, 0.2) is 60.7 Å². The van der Waals surface area contributed by atoms with Gasteiger partial charge in [0.2, 0.25) is 0 Å². The average Bonchev–Trinajstić information content (AvgIpc) is 2.72. The number of hydrogen-bond acceptors (Lipinski definition) is 2. The summed E-state index contributed by atoms with van der Waals surface area (Å²) in [5, 5.41) is 4.59. The molecule has 0 aliphatic carbocycles. The molecule has 1 amide bonds. The minimum atomic E-state index is -0.292. The van der Waals surface area contributed by atoms with Crippen LogP contribution in [0.3, 0.4) is 0 Å². The molecule has 6 heteroatoms. The lowest BCUT2D eigenvalue weighted by molar-refractivity contribution is 0.102. The predicted molar refractivity (Wildman–Crippen MR) is 126 cm³/mol. The zero-order chi connectivity index (χ0) is 21.4. The highest BCUT2D eigenvalue weighted by molar-refractivity contribution is 6.44. The van der Waals surface area contributed by atoms with E-state index in [-0.39, 0.29) is 5.91 Å². The summed E-state index contributed by atoms with van der Waals surface area (Å²) in [6, 6.07) is 18.7. The fourth-order valence-corrected chi connectivity index (χ4v) is 3.99. The first-order chi connectivity index (χ1) is 14.3. The van der Waals surface area contributed by atoms with Crippen LogP contribution in [0, 0.1) is 13.8 Å². The molecule has 3 aromatic carbocycles. The van der Waals surface area contributed by atoms with Gasteiger partial charge in [-0.15, -0.1) is 0 Å². The monoisotopic (exact) mass is 454 g/mol. The first-order valence-corrected chi connectivity index (χ1v) is 10.4. The zero-order valence-electron chi connectivity index (χ0n) is 16.3. The van der Waals surface area contributed by atoms with Crippen molar-refractivity contribution in [2.24, 2.45) is 0 Å². The Kier molecular flexibility index (Phi) is 5.70. The van der Waals surface area contributed by atoms with Crippen molar-refractivity contribution in [1.29, 1.82) is 0 Å². The standard InChI is InChI=1S/C24H17Cl3N2O/c1-13-7-9-15(10-8-13)23-14(2)22(16-5-3-4-6-20(16)28-23)24(30)29-21-12-18(26)17(25)11-19(21)27/h3-12H,1-2H3,(H,29,30). The number of aryl methyl sites for hydroxylation is 1. The Morgan fingerprint density at radius 2 is 1.53 bits per heavy atom. The molecule has 0 unspecified atom stereocenters. The lowest BCUT2D eigenvalue weighted by Crippen LogP contribution is -2.15. The van der Waals surface area contributed by atoms with Gasteiger partial charge in [-0.25, -0.2) is 4.98 Å². The summed E-state index contributed by atoms with van der Waals surface area (Å²) in [5.74, 6) is -0.292. The highest BCUT2D eigenvalue weighted by Crippen LogP contribution is 2.34. The SMILES string of the molecule is Cc1ccc(-c2nc3ccccc3c(C(=O)Nc3cc(Cl)c(Cl)cc3Cl)c2C)cc1. The van der Waals surface area contributed by atoms with E-state index >= 15 is 0 Å². The van der Waals surface area contributed by atoms with Gasteiger partial charge in [-0.1, -0.05) is 82.8 Å². The van der Waals surface area contributed by atoms with E-state index in [2.05, 4.69) is 5.32 Å². The molecule has 0 saturated carbocycles. The van der Waals surface area contributed by atoms with Gasteiger partial charge in [0.05, 0.1) is 37.5 Å². The average molecular weight is 456 g/mol. The van der Waals surface area contributed by atoms with Crippen LogP contribution in [0.2, 0.25) is 15.1 Å². The summed E-state index contributed by atoms with van der Waals surface area (Å²) in [6.45, 7) is 3.93. The lowest BCUT2D eigenvalue weighted by atomic mass is 9.96. The van der Waals surface area contributed by atoms with Crippen LogP contribution in [-0.4, -0.2) is 10.9 Å². The van der Waals surface area contributed by atoms with Gasteiger partial charge < -0.3 is 5.32 Å². The van der Waals surface area contributed by atoms with E-state index in [0.29, 0.717) is 26.3 Å². The van der Waals surface area contributed by atoms with Gasteiger partial charge in [-0.3, -0.25) is 4.79 Å². The third kappa shape index (κ3) is 3.89. The first-order valence-electron chi connectivity index (χ1n) is 9.27. The number of hydrogen-bond donors (Lipinski definition) is 1. The van der Waals surface area contributed by atoms with E-state index in [0.717, 1.165) is 33.3 Å². The van der Waals surface area contributed by atoms with Crippen molar-refractivity contribution in [2.45, 2.75) is 13.8 Å². The minimum absolute atomic E-state index is 0.292. The quantitative estimate of drug-likeness (QED) is 0.321. The second kappa shape index (κ2) is 8.27. The third-order valence-corrected chi connectivity index (χ3v) is 5.98. The molecule has 0 aliphatic rings. The maximum atomic E-state index is 13.4. The van der Waals surface area contributed by atoms with Gasteiger partial charge in [0.1, 0.15) is 0 Å². The van der Waals surface area contributed by atoms with Gasteiger partial charge in [0.15, 0.2) is 0 Å². The molecule has 3 nitrogen and oxygen atoms in total. The number of anilines is 1. The number of aromatic nitrogens is 1. The topological polar surface area (TPSA) is 42.0 Å². The summed E-state index contributed by atoms with van der Waals surface area (Å²) in [5.41, 5.74) is 5.33. The molecule has 0 saturated heterocycles. The Morgan fingerprint density at radius 1 is 0.867 bits per heavy atom. The molecule has 4 rings (SSSR count). The number of nitrogens with zero attached hydrogens (tertiary/aromatic N) is 1. The highest BCUT2D eigenvalue weighted by Gasteiger charge is 2.20. The van der Waals surface area contributed by atoms with Crippen LogP contribution in [0.25, 0.3) is 22.2 Å². The van der Waals surface area contributed by atoms with Crippen molar-refractivity contribution < 1.29 is 4.79 Å². The summed E-state index contributed by atoms with van der Waals surface area (Å²) in [7, 11) is 0. The van der Waals surface area contributed by atoms with Crippen LogP contribution in [0.5, 0.6) is 0 Å². The highest BCUT2D eigenvalue weighted by atomic mass is 35.5. The summed E-state index contributed by atoms with van der Waals surface area (Å²) < 4.78 is 0. The molecule has 1 N–H and O–H groups in total. The van der Waals surface area contributed by atoms with E-state index in [1.807, 2.05) is 62.4 Å². The number of rotatable bonds is 3. The van der Waals surface area contributed by atoms with Crippen molar-refractivity contribution in [3.05, 3.63) is 92.4 Å². The Morgan fingerprint density at radius 3 is 2.27 bits per heavy atom. The molecule has 1 heterocycles. The number of para-hydroxylation sites is 1. The van der Waals surface area contributed by atoms with E-state index in [1.54, 1.807) is 6.07 Å². The Balaban J connectivity index is 1.87. The van der Waals surface area contributed by atoms with Gasteiger partial charge in [-0.2, -0.15) is 0 Å². The maximum absolute atomic E-state index is 13.4. The molecule has 0 spiro atoms. The fourth-order valence-electron chi connectivity index (χ4n) is 3.40. The number of halogens is 3. The minimum Gasteiger partial charge on any atom is -0.321 e. The summed E-state index contributed by atoms with van der Waals surface area (Å²) >= 11 is 18.4. The maximum Gasteiger partial charge on any atom is 0.256 e. The van der Waals surface area contributed by atoms with Crippen LogP contribution in [0.1, 0.15) is 21.5 Å². The van der Waals surface area contributed by atoms with Gasteiger partial charge in [0, 0.05) is 10.9 Å². The van der Waals surface area contributed by atoms with Crippen molar-refractivity contribution in [3.63, 3.8) is 0 Å². The second-order valence-corrected chi connectivity index (χ2v) is 8.27. The van der Waals surface area contributed by atoms with Crippen molar-refractivity contribution >= 4 is 57.3 Å². The number of nitrogens with one attached hydrogen (secondary N) is 1. The number of carbonyl (C=O) groups is 1. The molecule has 0 bridgehead atoms.